The van der Waals surface area contributed by atoms with Gasteiger partial charge in [0.2, 0.25) is 0 Å². The highest BCUT2D eigenvalue weighted by Crippen LogP contribution is 2.20. The summed E-state index contributed by atoms with van der Waals surface area (Å²) in [5.74, 6) is 1.55. The molecule has 0 amide bonds. The van der Waals surface area contributed by atoms with Crippen LogP contribution in [-0.4, -0.2) is 44.2 Å². The summed E-state index contributed by atoms with van der Waals surface area (Å²) in [6, 6.07) is 8.57. The van der Waals surface area contributed by atoms with Crippen molar-refractivity contribution in [2.24, 2.45) is 0 Å². The Morgan fingerprint density at radius 3 is 2.74 bits per heavy atom. The molecule has 1 aliphatic heterocycles. The van der Waals surface area contributed by atoms with Crippen LogP contribution in [0.15, 0.2) is 24.3 Å². The molecule has 106 valence electrons. The first kappa shape index (κ1) is 14.4. The van der Waals surface area contributed by atoms with Gasteiger partial charge in [0.1, 0.15) is 5.75 Å². The number of benzene rings is 1. The molecule has 1 aliphatic rings. The lowest BCUT2D eigenvalue weighted by molar-refractivity contribution is 0.278. The molecule has 1 unspecified atom stereocenters. The monoisotopic (exact) mass is 262 g/mol. The predicted octanol–water partition coefficient (Wildman–Crippen LogP) is 2.48. The Labute approximate surface area is 116 Å². The summed E-state index contributed by atoms with van der Waals surface area (Å²) in [5, 5.41) is 3.45. The Kier molecular flexibility index (Phi) is 5.67. The van der Waals surface area contributed by atoms with Crippen LogP contribution in [0.1, 0.15) is 31.7 Å². The third kappa shape index (κ3) is 4.51. The van der Waals surface area contributed by atoms with Crippen LogP contribution in [0.4, 0.5) is 0 Å². The molecule has 2 rings (SSSR count). The van der Waals surface area contributed by atoms with Gasteiger partial charge in [0.15, 0.2) is 0 Å². The van der Waals surface area contributed by atoms with Crippen LogP contribution in [0.3, 0.4) is 0 Å². The van der Waals surface area contributed by atoms with E-state index in [1.807, 2.05) is 6.92 Å². The minimum atomic E-state index is 0.578. The molecule has 0 spiro atoms. The molecule has 1 heterocycles. The quantitative estimate of drug-likeness (QED) is 0.882. The van der Waals surface area contributed by atoms with Crippen LogP contribution in [0.5, 0.6) is 5.75 Å². The molecule has 1 aromatic rings. The van der Waals surface area contributed by atoms with Gasteiger partial charge in [-0.2, -0.15) is 0 Å². The number of hydrogen-bond donors (Lipinski definition) is 1. The van der Waals surface area contributed by atoms with Crippen molar-refractivity contribution in [2.75, 3.05) is 39.3 Å². The van der Waals surface area contributed by atoms with Gasteiger partial charge in [0.25, 0.3) is 0 Å². The third-order valence-corrected chi connectivity index (χ3v) is 3.72. The molecule has 1 N–H and O–H groups in total. The maximum absolute atomic E-state index is 5.49. The fourth-order valence-corrected chi connectivity index (χ4v) is 2.64. The van der Waals surface area contributed by atoms with E-state index in [-0.39, 0.29) is 0 Å². The molecule has 0 saturated carbocycles. The molecule has 3 nitrogen and oxygen atoms in total. The SMILES string of the molecule is CCOc1ccc(C(C)CN2CCCNCC2)cc1. The first-order chi connectivity index (χ1) is 9.29. The van der Waals surface area contributed by atoms with E-state index in [0.717, 1.165) is 32.0 Å². The normalized spacial score (nSPS) is 18.8. The van der Waals surface area contributed by atoms with Crippen molar-refractivity contribution in [3.63, 3.8) is 0 Å². The summed E-state index contributed by atoms with van der Waals surface area (Å²) in [4.78, 5) is 2.57. The molecule has 0 aliphatic carbocycles. The summed E-state index contributed by atoms with van der Waals surface area (Å²) in [6.07, 6.45) is 1.26. The summed E-state index contributed by atoms with van der Waals surface area (Å²) in [6.45, 7) is 10.9. The van der Waals surface area contributed by atoms with E-state index in [9.17, 15) is 0 Å². The highest BCUT2D eigenvalue weighted by molar-refractivity contribution is 5.29. The van der Waals surface area contributed by atoms with Crippen LogP contribution in [0.25, 0.3) is 0 Å². The molecule has 1 saturated heterocycles. The molecular weight excluding hydrogens is 236 g/mol. The topological polar surface area (TPSA) is 24.5 Å². The average Bonchev–Trinajstić information content (AvgIpc) is 2.68. The van der Waals surface area contributed by atoms with Crippen molar-refractivity contribution in [3.8, 4) is 5.75 Å². The van der Waals surface area contributed by atoms with E-state index in [4.69, 9.17) is 4.74 Å². The zero-order valence-electron chi connectivity index (χ0n) is 12.2. The van der Waals surface area contributed by atoms with Crippen molar-refractivity contribution < 1.29 is 4.74 Å². The van der Waals surface area contributed by atoms with Crippen molar-refractivity contribution in [2.45, 2.75) is 26.2 Å². The van der Waals surface area contributed by atoms with Gasteiger partial charge < -0.3 is 15.0 Å². The van der Waals surface area contributed by atoms with Gasteiger partial charge in [0.05, 0.1) is 6.61 Å². The fraction of sp³-hybridized carbons (Fsp3) is 0.625. The predicted molar refractivity (Wildman–Crippen MR) is 80.0 cm³/mol. The number of ether oxygens (including phenoxy) is 1. The maximum Gasteiger partial charge on any atom is 0.119 e. The van der Waals surface area contributed by atoms with Gasteiger partial charge in [-0.25, -0.2) is 0 Å². The standard InChI is InChI=1S/C16H26N2O/c1-3-19-16-7-5-15(6-8-16)14(2)13-18-11-4-9-17-10-12-18/h5-8,14,17H,3-4,9-13H2,1-2H3. The Bertz CT molecular complexity index is 356. The van der Waals surface area contributed by atoms with Crippen LogP contribution >= 0.6 is 0 Å². The fourth-order valence-electron chi connectivity index (χ4n) is 2.64. The Morgan fingerprint density at radius 1 is 1.21 bits per heavy atom. The van der Waals surface area contributed by atoms with E-state index in [0.29, 0.717) is 5.92 Å². The number of nitrogens with one attached hydrogen (secondary N) is 1. The van der Waals surface area contributed by atoms with Gasteiger partial charge in [-0.1, -0.05) is 19.1 Å². The first-order valence-corrected chi connectivity index (χ1v) is 7.45. The Balaban J connectivity index is 1.89. The molecule has 0 bridgehead atoms. The minimum absolute atomic E-state index is 0.578. The van der Waals surface area contributed by atoms with Gasteiger partial charge in [-0.15, -0.1) is 0 Å². The molecule has 0 aromatic heterocycles. The van der Waals surface area contributed by atoms with Crippen molar-refractivity contribution in [3.05, 3.63) is 29.8 Å². The highest BCUT2D eigenvalue weighted by Gasteiger charge is 2.13. The summed E-state index contributed by atoms with van der Waals surface area (Å²) in [5.41, 5.74) is 1.40. The number of rotatable bonds is 5. The van der Waals surface area contributed by atoms with E-state index < -0.39 is 0 Å². The molecule has 19 heavy (non-hydrogen) atoms. The Morgan fingerprint density at radius 2 is 2.00 bits per heavy atom. The van der Waals surface area contributed by atoms with Crippen LogP contribution in [-0.2, 0) is 0 Å². The van der Waals surface area contributed by atoms with E-state index >= 15 is 0 Å². The number of hydrogen-bond acceptors (Lipinski definition) is 3. The zero-order chi connectivity index (χ0) is 13.5. The van der Waals surface area contributed by atoms with E-state index in [2.05, 4.69) is 41.4 Å². The van der Waals surface area contributed by atoms with Crippen LogP contribution in [0.2, 0.25) is 0 Å². The van der Waals surface area contributed by atoms with E-state index in [1.165, 1.54) is 25.1 Å². The molecule has 3 heteroatoms. The molecule has 1 aromatic carbocycles. The summed E-state index contributed by atoms with van der Waals surface area (Å²) < 4.78 is 5.49. The second-order valence-electron chi connectivity index (χ2n) is 5.31. The second-order valence-corrected chi connectivity index (χ2v) is 5.31. The van der Waals surface area contributed by atoms with E-state index in [1.54, 1.807) is 0 Å². The molecule has 1 atom stereocenters. The average molecular weight is 262 g/mol. The first-order valence-electron chi connectivity index (χ1n) is 7.45. The minimum Gasteiger partial charge on any atom is -0.494 e. The van der Waals surface area contributed by atoms with Crippen molar-refractivity contribution in [1.29, 1.82) is 0 Å². The van der Waals surface area contributed by atoms with Crippen LogP contribution in [0, 0.1) is 0 Å². The van der Waals surface area contributed by atoms with Gasteiger partial charge >= 0.3 is 0 Å². The Hall–Kier alpha value is -1.06. The summed E-state index contributed by atoms with van der Waals surface area (Å²) in [7, 11) is 0. The van der Waals surface area contributed by atoms with Gasteiger partial charge in [0, 0.05) is 19.6 Å². The molecular formula is C16H26N2O. The maximum atomic E-state index is 5.49. The van der Waals surface area contributed by atoms with Crippen LogP contribution < -0.4 is 10.1 Å². The third-order valence-electron chi connectivity index (χ3n) is 3.72. The van der Waals surface area contributed by atoms with Gasteiger partial charge in [-0.3, -0.25) is 0 Å². The lowest BCUT2D eigenvalue weighted by Gasteiger charge is -2.24. The smallest absolute Gasteiger partial charge is 0.119 e. The lowest BCUT2D eigenvalue weighted by atomic mass is 10.0. The lowest BCUT2D eigenvalue weighted by Crippen LogP contribution is -2.31. The second kappa shape index (κ2) is 7.51. The van der Waals surface area contributed by atoms with Crippen molar-refractivity contribution in [1.82, 2.24) is 10.2 Å². The van der Waals surface area contributed by atoms with Crippen molar-refractivity contribution >= 4 is 0 Å². The molecule has 1 fully saturated rings. The van der Waals surface area contributed by atoms with Gasteiger partial charge in [-0.05, 0) is 50.0 Å². The molecule has 0 radical (unpaired) electrons. The highest BCUT2D eigenvalue weighted by atomic mass is 16.5. The number of nitrogens with zero attached hydrogens (tertiary/aromatic N) is 1. The summed E-state index contributed by atoms with van der Waals surface area (Å²) >= 11 is 0. The zero-order valence-corrected chi connectivity index (χ0v) is 12.2. The largest absolute Gasteiger partial charge is 0.494 e.